The smallest absolute Gasteiger partial charge is 0.0280 e. The molecule has 0 aromatic carbocycles. The van der Waals surface area contributed by atoms with Crippen LogP contribution in [0.3, 0.4) is 0 Å². The minimum Gasteiger partial charge on any atom is -0.126 e. The molecule has 0 spiro atoms. The van der Waals surface area contributed by atoms with Crippen molar-refractivity contribution in [3.8, 4) is 0 Å². The fraction of sp³-hybridized carbons (Fsp3) is 0.818. The van der Waals surface area contributed by atoms with Crippen LogP contribution in [0.15, 0.2) is 12.2 Å². The van der Waals surface area contributed by atoms with Gasteiger partial charge in [-0.05, 0) is 37.5 Å². The van der Waals surface area contributed by atoms with Crippen molar-refractivity contribution in [1.29, 1.82) is 0 Å². The van der Waals surface area contributed by atoms with Gasteiger partial charge in [0.25, 0.3) is 0 Å². The topological polar surface area (TPSA) is 0 Å². The Kier molecular flexibility index (Phi) is 4.14. The lowest BCUT2D eigenvalue weighted by Gasteiger charge is -2.30. The Morgan fingerprint density at radius 1 is 1.25 bits per heavy atom. The lowest BCUT2D eigenvalue weighted by molar-refractivity contribution is 0.261. The van der Waals surface area contributed by atoms with Gasteiger partial charge in [-0.1, -0.05) is 25.5 Å². The average molecular weight is 187 g/mol. The van der Waals surface area contributed by atoms with E-state index >= 15 is 0 Å². The van der Waals surface area contributed by atoms with Crippen LogP contribution in [0.5, 0.6) is 0 Å². The second-order valence-corrected chi connectivity index (χ2v) is 4.20. The van der Waals surface area contributed by atoms with E-state index in [0.29, 0.717) is 5.41 Å². The van der Waals surface area contributed by atoms with Gasteiger partial charge in [-0.15, -0.1) is 11.6 Å². The molecule has 0 aliphatic heterocycles. The summed E-state index contributed by atoms with van der Waals surface area (Å²) in [5.41, 5.74) is 0.458. The van der Waals surface area contributed by atoms with Crippen LogP contribution in [-0.2, 0) is 0 Å². The Hall–Kier alpha value is 0.0300. The lowest BCUT2D eigenvalue weighted by Crippen LogP contribution is -2.21. The Morgan fingerprint density at radius 2 is 1.83 bits per heavy atom. The van der Waals surface area contributed by atoms with E-state index in [9.17, 15) is 0 Å². The molecule has 1 aliphatic carbocycles. The minimum absolute atomic E-state index is 0.458. The predicted octanol–water partition coefficient (Wildman–Crippen LogP) is 4.14. The Morgan fingerprint density at radius 3 is 2.25 bits per heavy atom. The first-order valence-electron chi connectivity index (χ1n) is 5.04. The molecule has 12 heavy (non-hydrogen) atoms. The lowest BCUT2D eigenvalue weighted by atomic mass is 9.78. The molecule has 0 N–H and O–H groups in total. The summed E-state index contributed by atoms with van der Waals surface area (Å²) in [4.78, 5) is 0. The quantitative estimate of drug-likeness (QED) is 0.459. The highest BCUT2D eigenvalue weighted by Gasteiger charge is 2.27. The average Bonchev–Trinajstić information content (AvgIpc) is 2.32. The van der Waals surface area contributed by atoms with E-state index in [4.69, 9.17) is 11.6 Å². The second kappa shape index (κ2) is 4.91. The third-order valence-corrected chi connectivity index (χ3v) is 3.48. The van der Waals surface area contributed by atoms with Gasteiger partial charge in [-0.3, -0.25) is 0 Å². The van der Waals surface area contributed by atoms with E-state index in [0.717, 1.165) is 5.88 Å². The second-order valence-electron chi connectivity index (χ2n) is 3.93. The molecule has 0 unspecified atom stereocenters. The van der Waals surface area contributed by atoms with Crippen molar-refractivity contribution < 1.29 is 0 Å². The van der Waals surface area contributed by atoms with Crippen LogP contribution in [0.25, 0.3) is 0 Å². The van der Waals surface area contributed by atoms with E-state index in [1.165, 1.54) is 38.5 Å². The fourth-order valence-corrected chi connectivity index (χ4v) is 2.52. The number of hydrogen-bond acceptors (Lipinski definition) is 0. The summed E-state index contributed by atoms with van der Waals surface area (Å²) in [5.74, 6) is 0.850. The number of allylic oxidation sites excluding steroid dienone is 2. The van der Waals surface area contributed by atoms with E-state index in [1.807, 2.05) is 0 Å². The van der Waals surface area contributed by atoms with Crippen LogP contribution in [0, 0.1) is 5.41 Å². The normalized spacial score (nSPS) is 22.2. The molecule has 0 heterocycles. The zero-order chi connectivity index (χ0) is 8.86. The van der Waals surface area contributed by atoms with Gasteiger partial charge in [0.15, 0.2) is 0 Å². The van der Waals surface area contributed by atoms with Gasteiger partial charge < -0.3 is 0 Å². The molecule has 1 aliphatic rings. The SMILES string of the molecule is CCCC1(CCl)CCC=CCC1. The Bertz CT molecular complexity index is 139. The molecule has 0 nitrogen and oxygen atoms in total. The molecule has 0 fully saturated rings. The largest absolute Gasteiger partial charge is 0.126 e. The highest BCUT2D eigenvalue weighted by Crippen LogP contribution is 2.38. The zero-order valence-corrected chi connectivity index (χ0v) is 8.74. The standard InChI is InChI=1S/C11H19Cl/c1-2-7-11(10-12)8-5-3-4-6-9-11/h3-4H,2,5-10H2,1H3. The van der Waals surface area contributed by atoms with Gasteiger partial charge in [0.1, 0.15) is 0 Å². The number of halogens is 1. The minimum atomic E-state index is 0.458. The van der Waals surface area contributed by atoms with Crippen molar-refractivity contribution in [2.24, 2.45) is 5.41 Å². The van der Waals surface area contributed by atoms with Crippen LogP contribution in [0.4, 0.5) is 0 Å². The van der Waals surface area contributed by atoms with Crippen LogP contribution < -0.4 is 0 Å². The van der Waals surface area contributed by atoms with E-state index < -0.39 is 0 Å². The zero-order valence-electron chi connectivity index (χ0n) is 7.98. The van der Waals surface area contributed by atoms with Crippen LogP contribution in [0.2, 0.25) is 0 Å². The number of rotatable bonds is 3. The third-order valence-electron chi connectivity index (χ3n) is 2.91. The molecule has 0 saturated carbocycles. The molecule has 0 atom stereocenters. The van der Waals surface area contributed by atoms with Crippen LogP contribution in [0.1, 0.15) is 45.4 Å². The molecule has 0 aromatic rings. The number of hydrogen-bond donors (Lipinski definition) is 0. The van der Waals surface area contributed by atoms with E-state index in [-0.39, 0.29) is 0 Å². The molecule has 0 radical (unpaired) electrons. The van der Waals surface area contributed by atoms with Crippen molar-refractivity contribution in [1.82, 2.24) is 0 Å². The van der Waals surface area contributed by atoms with Crippen LogP contribution >= 0.6 is 11.6 Å². The number of alkyl halides is 1. The fourth-order valence-electron chi connectivity index (χ4n) is 2.12. The molecule has 70 valence electrons. The third kappa shape index (κ3) is 2.52. The molecular formula is C11H19Cl. The van der Waals surface area contributed by atoms with Gasteiger partial charge in [0, 0.05) is 5.88 Å². The molecule has 0 bridgehead atoms. The van der Waals surface area contributed by atoms with Gasteiger partial charge >= 0.3 is 0 Å². The first-order valence-corrected chi connectivity index (χ1v) is 5.57. The van der Waals surface area contributed by atoms with E-state index in [2.05, 4.69) is 19.1 Å². The maximum atomic E-state index is 6.06. The van der Waals surface area contributed by atoms with Crippen molar-refractivity contribution in [2.75, 3.05) is 5.88 Å². The Balaban J connectivity index is 2.52. The molecular weight excluding hydrogens is 168 g/mol. The molecule has 1 heteroatoms. The highest BCUT2D eigenvalue weighted by molar-refractivity contribution is 6.18. The Labute approximate surface area is 81.0 Å². The maximum Gasteiger partial charge on any atom is 0.0280 e. The maximum absolute atomic E-state index is 6.06. The van der Waals surface area contributed by atoms with Crippen molar-refractivity contribution in [3.05, 3.63) is 12.2 Å². The summed E-state index contributed by atoms with van der Waals surface area (Å²) in [5, 5.41) is 0. The van der Waals surface area contributed by atoms with Crippen molar-refractivity contribution in [2.45, 2.75) is 45.4 Å². The van der Waals surface area contributed by atoms with Crippen molar-refractivity contribution in [3.63, 3.8) is 0 Å². The molecule has 0 saturated heterocycles. The summed E-state index contributed by atoms with van der Waals surface area (Å²) in [6.45, 7) is 2.26. The van der Waals surface area contributed by atoms with Gasteiger partial charge in [0.2, 0.25) is 0 Å². The molecule has 0 amide bonds. The van der Waals surface area contributed by atoms with Gasteiger partial charge in [0.05, 0.1) is 0 Å². The van der Waals surface area contributed by atoms with E-state index in [1.54, 1.807) is 0 Å². The first-order chi connectivity index (χ1) is 5.83. The van der Waals surface area contributed by atoms with Crippen LogP contribution in [-0.4, -0.2) is 5.88 Å². The summed E-state index contributed by atoms with van der Waals surface area (Å²) < 4.78 is 0. The summed E-state index contributed by atoms with van der Waals surface area (Å²) >= 11 is 6.06. The van der Waals surface area contributed by atoms with Crippen molar-refractivity contribution >= 4 is 11.6 Å². The monoisotopic (exact) mass is 186 g/mol. The molecule has 0 aromatic heterocycles. The summed E-state index contributed by atoms with van der Waals surface area (Å²) in [6.07, 6.45) is 12.2. The first kappa shape index (κ1) is 10.1. The summed E-state index contributed by atoms with van der Waals surface area (Å²) in [7, 11) is 0. The van der Waals surface area contributed by atoms with Gasteiger partial charge in [-0.2, -0.15) is 0 Å². The highest BCUT2D eigenvalue weighted by atomic mass is 35.5. The van der Waals surface area contributed by atoms with Gasteiger partial charge in [-0.25, -0.2) is 0 Å². The molecule has 1 rings (SSSR count). The predicted molar refractivity (Wildman–Crippen MR) is 55.7 cm³/mol. The summed E-state index contributed by atoms with van der Waals surface area (Å²) in [6, 6.07) is 0.